The summed E-state index contributed by atoms with van der Waals surface area (Å²) in [6, 6.07) is 5.70. The Hall–Kier alpha value is -2.20. The Labute approximate surface area is 100 Å². The molecular weight excluding hydrogens is 216 g/mol. The van der Waals surface area contributed by atoms with Crippen molar-refractivity contribution in [2.45, 2.75) is 32.6 Å². The molecule has 0 aromatic heterocycles. The molecule has 0 radical (unpaired) electrons. The van der Waals surface area contributed by atoms with Crippen LogP contribution in [0.3, 0.4) is 0 Å². The smallest absolute Gasteiger partial charge is 0.125 e. The van der Waals surface area contributed by atoms with Gasteiger partial charge in [0.1, 0.15) is 11.5 Å². The van der Waals surface area contributed by atoms with Gasteiger partial charge in [-0.15, -0.1) is 0 Å². The van der Waals surface area contributed by atoms with Crippen LogP contribution in [0.5, 0.6) is 11.5 Å². The van der Waals surface area contributed by atoms with Gasteiger partial charge in [0.15, 0.2) is 0 Å². The zero-order chi connectivity index (χ0) is 12.8. The van der Waals surface area contributed by atoms with E-state index in [1.807, 2.05) is 12.1 Å². The van der Waals surface area contributed by atoms with Crippen LogP contribution in [-0.2, 0) is 12.8 Å². The highest BCUT2D eigenvalue weighted by atomic mass is 16.3. The first kappa shape index (κ1) is 12.9. The van der Waals surface area contributed by atoms with Crippen molar-refractivity contribution in [2.24, 2.45) is 0 Å². The van der Waals surface area contributed by atoms with Gasteiger partial charge in [-0.3, -0.25) is 0 Å². The number of aromatic hydroxyl groups is 2. The Morgan fingerprint density at radius 3 is 1.76 bits per heavy atom. The van der Waals surface area contributed by atoms with Gasteiger partial charge in [0.05, 0.1) is 12.1 Å². The third kappa shape index (κ3) is 2.89. The maximum Gasteiger partial charge on any atom is 0.125 e. The molecule has 0 spiro atoms. The quantitative estimate of drug-likeness (QED) is 0.830. The lowest BCUT2D eigenvalue weighted by Crippen LogP contribution is -1.94. The molecule has 0 heterocycles. The average molecular weight is 230 g/mol. The van der Waals surface area contributed by atoms with E-state index in [0.29, 0.717) is 42.4 Å². The van der Waals surface area contributed by atoms with E-state index in [-0.39, 0.29) is 11.5 Å². The molecule has 0 amide bonds. The molecule has 4 nitrogen and oxygen atoms in total. The Balaban J connectivity index is 3.11. The number of benzene rings is 1. The fourth-order valence-corrected chi connectivity index (χ4v) is 1.70. The molecular formula is C13H14N2O2. The first-order valence-corrected chi connectivity index (χ1v) is 5.39. The molecule has 2 N–H and O–H groups in total. The number of phenols is 2. The SMILES string of the molecule is Cc1c(O)c(CCC#N)cc(CCC#N)c1O. The highest BCUT2D eigenvalue weighted by Crippen LogP contribution is 2.34. The van der Waals surface area contributed by atoms with E-state index in [0.717, 1.165) is 0 Å². The molecule has 0 aliphatic rings. The minimum absolute atomic E-state index is 0.0402. The van der Waals surface area contributed by atoms with Crippen LogP contribution >= 0.6 is 0 Å². The summed E-state index contributed by atoms with van der Waals surface area (Å²) in [6.45, 7) is 1.62. The van der Waals surface area contributed by atoms with Crippen LogP contribution < -0.4 is 0 Å². The largest absolute Gasteiger partial charge is 0.507 e. The summed E-state index contributed by atoms with van der Waals surface area (Å²) in [5.74, 6) is 0.0805. The fraction of sp³-hybridized carbons (Fsp3) is 0.385. The fourth-order valence-electron chi connectivity index (χ4n) is 1.70. The first-order valence-electron chi connectivity index (χ1n) is 5.39. The minimum atomic E-state index is 0.0402. The summed E-state index contributed by atoms with van der Waals surface area (Å²) in [7, 11) is 0. The van der Waals surface area contributed by atoms with Crippen molar-refractivity contribution >= 4 is 0 Å². The zero-order valence-electron chi connectivity index (χ0n) is 9.69. The zero-order valence-corrected chi connectivity index (χ0v) is 9.69. The van der Waals surface area contributed by atoms with Crippen LogP contribution in [-0.4, -0.2) is 10.2 Å². The van der Waals surface area contributed by atoms with Gasteiger partial charge >= 0.3 is 0 Å². The monoisotopic (exact) mass is 230 g/mol. The molecule has 0 aliphatic carbocycles. The van der Waals surface area contributed by atoms with E-state index in [4.69, 9.17) is 10.5 Å². The normalized spacial score (nSPS) is 9.59. The van der Waals surface area contributed by atoms with Crippen LogP contribution in [0.1, 0.15) is 29.5 Å². The lowest BCUT2D eigenvalue weighted by atomic mass is 9.97. The van der Waals surface area contributed by atoms with E-state index in [1.165, 1.54) is 0 Å². The molecule has 0 bridgehead atoms. The highest BCUT2D eigenvalue weighted by Gasteiger charge is 2.13. The molecule has 4 heteroatoms. The van der Waals surface area contributed by atoms with Gasteiger partial charge in [-0.2, -0.15) is 10.5 Å². The van der Waals surface area contributed by atoms with E-state index in [9.17, 15) is 10.2 Å². The summed E-state index contributed by atoms with van der Waals surface area (Å²) in [5, 5.41) is 36.7. The standard InChI is InChI=1S/C13H14N2O2/c1-9-12(16)10(4-2-6-14)8-11(13(9)17)5-3-7-15/h8,16-17H,2-5H2,1H3. The Kier molecular flexibility index (Phi) is 4.37. The van der Waals surface area contributed by atoms with Crippen molar-refractivity contribution in [1.82, 2.24) is 0 Å². The second kappa shape index (κ2) is 5.77. The predicted octanol–water partition coefficient (Wildman–Crippen LogP) is 2.32. The summed E-state index contributed by atoms with van der Waals surface area (Å²) in [6.07, 6.45) is 1.52. The molecule has 0 saturated heterocycles. The number of rotatable bonds is 4. The van der Waals surface area contributed by atoms with Gasteiger partial charge < -0.3 is 10.2 Å². The van der Waals surface area contributed by atoms with Crippen molar-refractivity contribution in [2.75, 3.05) is 0 Å². The third-order valence-corrected chi connectivity index (χ3v) is 2.68. The molecule has 0 atom stereocenters. The molecule has 0 saturated carbocycles. The van der Waals surface area contributed by atoms with Crippen molar-refractivity contribution in [3.05, 3.63) is 22.8 Å². The Morgan fingerprint density at radius 1 is 1.00 bits per heavy atom. The van der Waals surface area contributed by atoms with Crippen LogP contribution in [0.25, 0.3) is 0 Å². The summed E-state index contributed by atoms with van der Waals surface area (Å²) in [4.78, 5) is 0. The van der Waals surface area contributed by atoms with Crippen LogP contribution in [0.4, 0.5) is 0 Å². The number of hydrogen-bond donors (Lipinski definition) is 2. The number of hydrogen-bond acceptors (Lipinski definition) is 4. The molecule has 0 fully saturated rings. The maximum atomic E-state index is 9.82. The maximum absolute atomic E-state index is 9.82. The van der Waals surface area contributed by atoms with E-state index in [2.05, 4.69) is 0 Å². The molecule has 17 heavy (non-hydrogen) atoms. The van der Waals surface area contributed by atoms with Crippen molar-refractivity contribution in [3.8, 4) is 23.6 Å². The minimum Gasteiger partial charge on any atom is -0.507 e. The lowest BCUT2D eigenvalue weighted by Gasteiger charge is -2.12. The second-order valence-electron chi connectivity index (χ2n) is 3.83. The van der Waals surface area contributed by atoms with Gasteiger partial charge in [0.25, 0.3) is 0 Å². The number of aryl methyl sites for hydroxylation is 2. The van der Waals surface area contributed by atoms with Gasteiger partial charge in [0.2, 0.25) is 0 Å². The number of nitrogens with zero attached hydrogens (tertiary/aromatic N) is 2. The summed E-state index contributed by atoms with van der Waals surface area (Å²) in [5.41, 5.74) is 1.71. The van der Waals surface area contributed by atoms with Gasteiger partial charge in [-0.05, 0) is 37.0 Å². The van der Waals surface area contributed by atoms with Crippen LogP contribution in [0.2, 0.25) is 0 Å². The highest BCUT2D eigenvalue weighted by molar-refractivity contribution is 5.52. The van der Waals surface area contributed by atoms with E-state index in [1.54, 1.807) is 13.0 Å². The number of nitriles is 2. The first-order chi connectivity index (χ1) is 8.11. The van der Waals surface area contributed by atoms with Crippen LogP contribution in [0, 0.1) is 29.6 Å². The topological polar surface area (TPSA) is 88.0 Å². The van der Waals surface area contributed by atoms with Crippen molar-refractivity contribution < 1.29 is 10.2 Å². The van der Waals surface area contributed by atoms with Crippen molar-refractivity contribution in [3.63, 3.8) is 0 Å². The van der Waals surface area contributed by atoms with Gasteiger partial charge in [-0.25, -0.2) is 0 Å². The summed E-state index contributed by atoms with van der Waals surface area (Å²) >= 11 is 0. The molecule has 0 unspecified atom stereocenters. The molecule has 0 aliphatic heterocycles. The molecule has 1 aromatic carbocycles. The Bertz CT molecular complexity index is 453. The van der Waals surface area contributed by atoms with E-state index < -0.39 is 0 Å². The van der Waals surface area contributed by atoms with Crippen LogP contribution in [0.15, 0.2) is 6.07 Å². The molecule has 1 aromatic rings. The van der Waals surface area contributed by atoms with Gasteiger partial charge in [0, 0.05) is 18.4 Å². The predicted molar refractivity (Wildman–Crippen MR) is 62.4 cm³/mol. The molecule has 88 valence electrons. The Morgan fingerprint density at radius 2 is 1.41 bits per heavy atom. The lowest BCUT2D eigenvalue weighted by molar-refractivity contribution is 0.434. The third-order valence-electron chi connectivity index (χ3n) is 2.68. The average Bonchev–Trinajstić information content (AvgIpc) is 2.34. The number of phenolic OH excluding ortho intramolecular Hbond substituents is 2. The van der Waals surface area contributed by atoms with Gasteiger partial charge in [-0.1, -0.05) is 0 Å². The second-order valence-corrected chi connectivity index (χ2v) is 3.83. The molecule has 1 rings (SSSR count). The summed E-state index contributed by atoms with van der Waals surface area (Å²) < 4.78 is 0. The van der Waals surface area contributed by atoms with E-state index >= 15 is 0 Å². The van der Waals surface area contributed by atoms with Crippen molar-refractivity contribution in [1.29, 1.82) is 10.5 Å².